The Morgan fingerprint density at radius 1 is 1.48 bits per heavy atom. The standard InChI is InChI=1S/C15H17N5O8S4.Na/c1-31(26)5-32(27,28)4-6-2-29-13-9(12(22)20(13)10(6)14(23)24)18-11(21)8(19-25)7-3-30-15(16)17-7;/h3,9,13,25H,2,4-5H2,1H3,(H2,16,17)(H,18,21)(H,23,24);/q;+1/p-1/b19-8-;/t9?,13-,31?;/m1./s1. The van der Waals surface area contributed by atoms with E-state index in [1.807, 2.05) is 0 Å². The number of amides is 2. The second-order valence-corrected chi connectivity index (χ2v) is 12.6. The fraction of sp³-hybridized carbons (Fsp3) is 0.400. The molecule has 2 aliphatic heterocycles. The molecule has 2 unspecified atom stereocenters. The minimum atomic E-state index is -3.89. The molecule has 33 heavy (non-hydrogen) atoms. The molecule has 13 nitrogen and oxygen atoms in total. The predicted octanol–water partition coefficient (Wildman–Crippen LogP) is -5.94. The van der Waals surface area contributed by atoms with Gasteiger partial charge >= 0.3 is 29.6 Å². The zero-order valence-corrected chi connectivity index (χ0v) is 22.5. The molecule has 0 aromatic carbocycles. The van der Waals surface area contributed by atoms with Gasteiger partial charge in [0, 0.05) is 28.2 Å². The van der Waals surface area contributed by atoms with Crippen molar-refractivity contribution in [1.29, 1.82) is 0 Å². The van der Waals surface area contributed by atoms with Gasteiger partial charge in [-0.1, -0.05) is 5.16 Å². The first-order valence-electron chi connectivity index (χ1n) is 8.58. The third kappa shape index (κ3) is 5.95. The van der Waals surface area contributed by atoms with E-state index >= 15 is 0 Å². The van der Waals surface area contributed by atoms with Crippen molar-refractivity contribution in [3.05, 3.63) is 22.3 Å². The van der Waals surface area contributed by atoms with Crippen LogP contribution in [0.3, 0.4) is 0 Å². The van der Waals surface area contributed by atoms with Gasteiger partial charge in [0.15, 0.2) is 20.7 Å². The average molecular weight is 546 g/mol. The summed E-state index contributed by atoms with van der Waals surface area (Å²) in [5, 5.41) is 26.1. The van der Waals surface area contributed by atoms with Crippen LogP contribution in [0.1, 0.15) is 5.69 Å². The van der Waals surface area contributed by atoms with Crippen LogP contribution in [0.5, 0.6) is 0 Å². The molecular formula is C15H16N5NaO8S4. The van der Waals surface area contributed by atoms with Crippen LogP contribution >= 0.6 is 23.1 Å². The van der Waals surface area contributed by atoms with Gasteiger partial charge in [0.05, 0.1) is 17.4 Å². The van der Waals surface area contributed by atoms with Gasteiger partial charge in [-0.25, -0.2) is 13.4 Å². The van der Waals surface area contributed by atoms with Crippen LogP contribution in [0.15, 0.2) is 21.8 Å². The number of oxime groups is 1. The van der Waals surface area contributed by atoms with E-state index in [0.29, 0.717) is 0 Å². The number of aliphatic carboxylic acids is 1. The van der Waals surface area contributed by atoms with Crippen LogP contribution in [0.4, 0.5) is 5.13 Å². The van der Waals surface area contributed by atoms with E-state index < -0.39 is 72.1 Å². The maximum atomic E-state index is 12.6. The van der Waals surface area contributed by atoms with Crippen LogP contribution in [0.2, 0.25) is 0 Å². The Morgan fingerprint density at radius 2 is 2.15 bits per heavy atom. The number of nitrogens with one attached hydrogen (secondary N) is 1. The molecule has 1 aromatic heterocycles. The monoisotopic (exact) mass is 545 g/mol. The van der Waals surface area contributed by atoms with E-state index in [4.69, 9.17) is 10.9 Å². The molecule has 2 amide bonds. The summed E-state index contributed by atoms with van der Waals surface area (Å²) < 4.78 is 35.6. The molecule has 0 spiro atoms. The molecule has 0 aliphatic carbocycles. The van der Waals surface area contributed by atoms with Crippen LogP contribution < -0.4 is 45.7 Å². The Labute approximate surface area is 220 Å². The SMILES string of the molecule is CS(=O)CS(=O)(=O)CC1=C(C(=O)[O-])N2C(=O)C(NC(=O)/C(=N\O)c3csc(N)n3)[C@H]2SC1.[Na+]. The molecule has 0 saturated carbocycles. The molecule has 0 bridgehead atoms. The molecule has 1 fully saturated rings. The number of thiazole rings is 1. The van der Waals surface area contributed by atoms with E-state index in [9.17, 15) is 32.1 Å². The predicted molar refractivity (Wildman–Crippen MR) is 115 cm³/mol. The minimum absolute atomic E-state index is 0. The zero-order chi connectivity index (χ0) is 23.8. The number of carboxylic acids is 1. The van der Waals surface area contributed by atoms with Gasteiger partial charge in [-0.3, -0.25) is 18.7 Å². The van der Waals surface area contributed by atoms with Gasteiger partial charge in [0.25, 0.3) is 11.8 Å². The van der Waals surface area contributed by atoms with E-state index in [-0.39, 0.29) is 51.7 Å². The Morgan fingerprint density at radius 3 is 2.67 bits per heavy atom. The number of β-lactam (4-membered cyclic amide) rings is 1. The number of thioether (sulfide) groups is 1. The average Bonchev–Trinajstić information content (AvgIpc) is 3.10. The molecule has 1 aromatic rings. The van der Waals surface area contributed by atoms with Gasteiger partial charge in [-0.05, 0) is 5.57 Å². The number of nitrogens with two attached hydrogens (primary N) is 1. The molecular weight excluding hydrogens is 529 g/mol. The van der Waals surface area contributed by atoms with Crippen LogP contribution in [0.25, 0.3) is 0 Å². The third-order valence-electron chi connectivity index (χ3n) is 4.35. The van der Waals surface area contributed by atoms with Crippen LogP contribution in [-0.4, -0.2) is 85.5 Å². The second kappa shape index (κ2) is 10.8. The van der Waals surface area contributed by atoms with Crippen molar-refractivity contribution >= 4 is 72.4 Å². The summed E-state index contributed by atoms with van der Waals surface area (Å²) in [6.07, 6.45) is 1.20. The molecule has 4 N–H and O–H groups in total. The summed E-state index contributed by atoms with van der Waals surface area (Å²) in [5.74, 6) is -4.24. The van der Waals surface area contributed by atoms with Gasteiger partial charge in [0.2, 0.25) is 0 Å². The van der Waals surface area contributed by atoms with E-state index in [0.717, 1.165) is 28.0 Å². The number of nitrogens with zero attached hydrogens (tertiary/aromatic N) is 3. The Balaban J connectivity index is 0.00000385. The molecule has 3 atom stereocenters. The first-order chi connectivity index (χ1) is 14.9. The third-order valence-corrected chi connectivity index (χ3v) is 9.91. The smallest absolute Gasteiger partial charge is 0.543 e. The molecule has 3 heterocycles. The largest absolute Gasteiger partial charge is 1.00 e. The number of hydrogen-bond donors (Lipinski definition) is 3. The van der Waals surface area contributed by atoms with Crippen molar-refractivity contribution < 1.29 is 66.9 Å². The summed E-state index contributed by atoms with van der Waals surface area (Å²) in [5.41, 5.74) is 4.35. The summed E-state index contributed by atoms with van der Waals surface area (Å²) in [6, 6.07) is -1.16. The van der Waals surface area contributed by atoms with E-state index in [1.165, 1.54) is 11.6 Å². The second-order valence-electron chi connectivity index (χ2n) is 6.70. The Bertz CT molecular complexity index is 1180. The summed E-state index contributed by atoms with van der Waals surface area (Å²) in [7, 11) is -5.54. The maximum absolute atomic E-state index is 12.6. The Hall–Kier alpha value is -1.50. The van der Waals surface area contributed by atoms with Crippen LogP contribution in [0, 0.1) is 0 Å². The van der Waals surface area contributed by atoms with Crippen molar-refractivity contribution in [1.82, 2.24) is 15.2 Å². The first-order valence-corrected chi connectivity index (χ1v) is 14.1. The molecule has 3 rings (SSSR count). The molecule has 1 saturated heterocycles. The summed E-state index contributed by atoms with van der Waals surface area (Å²) in [6.45, 7) is 0. The Kier molecular flexibility index (Phi) is 9.11. The summed E-state index contributed by atoms with van der Waals surface area (Å²) in [4.78, 5) is 41.5. The molecule has 18 heteroatoms. The van der Waals surface area contributed by atoms with Crippen molar-refractivity contribution in [2.24, 2.45) is 5.16 Å². The number of carbonyl (C=O) groups is 3. The number of aromatic nitrogens is 1. The van der Waals surface area contributed by atoms with E-state index in [2.05, 4.69) is 15.5 Å². The molecule has 0 radical (unpaired) electrons. The van der Waals surface area contributed by atoms with Crippen molar-refractivity contribution in [2.75, 3.05) is 28.6 Å². The number of rotatable bonds is 8. The maximum Gasteiger partial charge on any atom is 1.00 e. The number of anilines is 1. The van der Waals surface area contributed by atoms with Gasteiger partial charge in [-0.15, -0.1) is 23.1 Å². The first kappa shape index (κ1) is 27.7. The topological polar surface area (TPSA) is 212 Å². The molecule has 174 valence electrons. The quantitative estimate of drug-likeness (QED) is 0.0919. The zero-order valence-electron chi connectivity index (χ0n) is 17.2. The molecule has 2 aliphatic rings. The van der Waals surface area contributed by atoms with Gasteiger partial charge in [0.1, 0.15) is 22.2 Å². The fourth-order valence-electron chi connectivity index (χ4n) is 3.16. The van der Waals surface area contributed by atoms with E-state index in [1.54, 1.807) is 0 Å². The van der Waals surface area contributed by atoms with Crippen LogP contribution in [-0.2, 0) is 35.0 Å². The fourth-order valence-corrected chi connectivity index (χ4v) is 8.31. The number of fused-ring (bicyclic) bond motifs is 1. The van der Waals surface area contributed by atoms with Gasteiger partial charge < -0.3 is 26.2 Å². The summed E-state index contributed by atoms with van der Waals surface area (Å²) >= 11 is 2.04. The number of hydrogen-bond acceptors (Lipinski definition) is 13. The number of sulfone groups is 1. The van der Waals surface area contributed by atoms with Crippen molar-refractivity contribution in [3.8, 4) is 0 Å². The normalized spacial score (nSPS) is 21.5. The van der Waals surface area contributed by atoms with Crippen molar-refractivity contribution in [2.45, 2.75) is 11.4 Å². The number of carboxylic acid groups (broad SMARTS) is 1. The number of carbonyl (C=O) groups excluding carboxylic acids is 3. The van der Waals surface area contributed by atoms with Gasteiger partial charge in [-0.2, -0.15) is 0 Å². The number of nitrogen functional groups attached to an aromatic ring is 1. The van der Waals surface area contributed by atoms with Crippen molar-refractivity contribution in [3.63, 3.8) is 0 Å². The minimum Gasteiger partial charge on any atom is -0.543 e.